The van der Waals surface area contributed by atoms with E-state index in [9.17, 15) is 9.59 Å². The Morgan fingerprint density at radius 3 is 3.11 bits per heavy atom. The summed E-state index contributed by atoms with van der Waals surface area (Å²) in [6.45, 7) is 2.79. The Kier molecular flexibility index (Phi) is 6.54. The predicted molar refractivity (Wildman–Crippen MR) is 68.8 cm³/mol. The van der Waals surface area contributed by atoms with Gasteiger partial charge in [-0.1, -0.05) is 6.08 Å². The lowest BCUT2D eigenvalue weighted by Gasteiger charge is -2.10. The number of carbonyl (C=O) groups excluding carboxylic acids is 2. The van der Waals surface area contributed by atoms with Gasteiger partial charge in [0.2, 0.25) is 5.91 Å². The molecule has 0 aromatic carbocycles. The molecule has 0 spiro atoms. The van der Waals surface area contributed by atoms with E-state index < -0.39 is 5.97 Å². The van der Waals surface area contributed by atoms with Crippen molar-refractivity contribution in [2.45, 2.75) is 25.8 Å². The van der Waals surface area contributed by atoms with Gasteiger partial charge in [0.15, 0.2) is 0 Å². The second-order valence-electron chi connectivity index (χ2n) is 3.92. The topological polar surface area (TPSA) is 93.8 Å². The first-order valence-electron chi connectivity index (χ1n) is 5.90. The molecule has 0 aromatic rings. The summed E-state index contributed by atoms with van der Waals surface area (Å²) in [7, 11) is 0.398. The van der Waals surface area contributed by atoms with E-state index in [1.165, 1.54) is 6.08 Å². The van der Waals surface area contributed by atoms with E-state index in [1.54, 1.807) is 13.0 Å². The van der Waals surface area contributed by atoms with Gasteiger partial charge in [-0.2, -0.15) is 0 Å². The predicted octanol–water partition coefficient (Wildman–Crippen LogP) is 1.00. The van der Waals surface area contributed by atoms with Crippen LogP contribution in [0.2, 0.25) is 0 Å². The van der Waals surface area contributed by atoms with Crippen LogP contribution in [-0.2, 0) is 14.3 Å². The molecular weight excluding hydrogens is 253 g/mol. The van der Waals surface area contributed by atoms with E-state index in [1.807, 2.05) is 0 Å². The number of esters is 1. The minimum absolute atomic E-state index is 0.0488. The SMILES string of the molecule is CCOC(=O)/C=C/C(CC1CCNC1=O)N=PN. The van der Waals surface area contributed by atoms with Crippen LogP contribution in [0.15, 0.2) is 16.9 Å². The van der Waals surface area contributed by atoms with Crippen LogP contribution in [0.5, 0.6) is 0 Å². The fraction of sp³-hybridized carbons (Fsp3) is 0.636. The number of nitrogens with two attached hydrogens (primary N) is 1. The first-order chi connectivity index (χ1) is 8.67. The summed E-state index contributed by atoms with van der Waals surface area (Å²) >= 11 is 0. The van der Waals surface area contributed by atoms with Crippen molar-refractivity contribution < 1.29 is 14.3 Å². The van der Waals surface area contributed by atoms with Gasteiger partial charge in [-0.25, -0.2) is 9.54 Å². The summed E-state index contributed by atoms with van der Waals surface area (Å²) < 4.78 is 8.91. The summed E-state index contributed by atoms with van der Waals surface area (Å²) in [6.07, 6.45) is 4.37. The highest BCUT2D eigenvalue weighted by Crippen LogP contribution is 2.19. The molecule has 0 bridgehead atoms. The highest BCUT2D eigenvalue weighted by Gasteiger charge is 2.26. The zero-order chi connectivity index (χ0) is 13.4. The number of hydrogen-bond donors (Lipinski definition) is 2. The first-order valence-corrected chi connectivity index (χ1v) is 6.81. The van der Waals surface area contributed by atoms with Crippen molar-refractivity contribution in [3.63, 3.8) is 0 Å². The number of amides is 1. The van der Waals surface area contributed by atoms with Gasteiger partial charge in [0.05, 0.1) is 21.2 Å². The maximum absolute atomic E-state index is 11.5. The fourth-order valence-electron chi connectivity index (χ4n) is 1.79. The molecule has 1 aliphatic rings. The summed E-state index contributed by atoms with van der Waals surface area (Å²) in [5.41, 5.74) is 5.36. The van der Waals surface area contributed by atoms with E-state index in [0.717, 1.165) is 6.42 Å². The molecule has 1 rings (SSSR count). The molecule has 1 fully saturated rings. The highest BCUT2D eigenvalue weighted by molar-refractivity contribution is 7.23. The van der Waals surface area contributed by atoms with Crippen molar-refractivity contribution in [3.8, 4) is 0 Å². The van der Waals surface area contributed by atoms with Crippen LogP contribution < -0.4 is 10.8 Å². The molecule has 3 N–H and O–H groups in total. The normalized spacial score (nSPS) is 21.4. The molecule has 0 saturated carbocycles. The van der Waals surface area contributed by atoms with Gasteiger partial charge in [0.1, 0.15) is 0 Å². The molecule has 0 aromatic heterocycles. The highest BCUT2D eigenvalue weighted by atomic mass is 31.1. The minimum Gasteiger partial charge on any atom is -0.463 e. The number of rotatable bonds is 6. The molecule has 1 aliphatic heterocycles. The second-order valence-corrected chi connectivity index (χ2v) is 4.38. The fourth-order valence-corrected chi connectivity index (χ4v) is 2.13. The van der Waals surface area contributed by atoms with Crippen LogP contribution in [0.25, 0.3) is 0 Å². The minimum atomic E-state index is -0.401. The number of nitrogens with zero attached hydrogens (tertiary/aromatic N) is 1. The van der Waals surface area contributed by atoms with Crippen molar-refractivity contribution in [2.75, 3.05) is 13.2 Å². The molecule has 1 heterocycles. The summed E-state index contributed by atoms with van der Waals surface area (Å²) in [5, 5.41) is 2.77. The van der Waals surface area contributed by atoms with E-state index in [0.29, 0.717) is 28.1 Å². The average molecular weight is 271 g/mol. The zero-order valence-corrected chi connectivity index (χ0v) is 11.2. The number of hydrogen-bond acceptors (Lipinski definition) is 4. The van der Waals surface area contributed by atoms with Crippen molar-refractivity contribution in [2.24, 2.45) is 16.2 Å². The number of carbonyl (C=O) groups is 2. The van der Waals surface area contributed by atoms with Crippen LogP contribution in [0.4, 0.5) is 0 Å². The molecule has 0 aliphatic carbocycles. The molecule has 0 radical (unpaired) electrons. The van der Waals surface area contributed by atoms with Crippen LogP contribution >= 0.6 is 8.52 Å². The summed E-state index contributed by atoms with van der Waals surface area (Å²) in [6, 6.07) is -0.227. The van der Waals surface area contributed by atoms with Crippen LogP contribution in [0.3, 0.4) is 0 Å². The van der Waals surface area contributed by atoms with Crippen molar-refractivity contribution in [1.82, 2.24) is 5.32 Å². The molecule has 6 nitrogen and oxygen atoms in total. The van der Waals surface area contributed by atoms with Crippen LogP contribution in [0.1, 0.15) is 19.8 Å². The first kappa shape index (κ1) is 14.8. The van der Waals surface area contributed by atoms with Gasteiger partial charge >= 0.3 is 5.97 Å². The standard InChI is InChI=1S/C11H18N3O3P/c1-2-17-10(15)4-3-9(14-18-12)7-8-5-6-13-11(8)16/h3-4,8-9H,2,5-7H2,1H3,(H2,12,14)(H,13,16)/b4-3+. The lowest BCUT2D eigenvalue weighted by molar-refractivity contribution is -0.137. The Morgan fingerprint density at radius 2 is 2.56 bits per heavy atom. The molecule has 2 atom stereocenters. The Morgan fingerprint density at radius 1 is 1.78 bits per heavy atom. The van der Waals surface area contributed by atoms with Crippen molar-refractivity contribution >= 4 is 20.4 Å². The largest absolute Gasteiger partial charge is 0.463 e. The zero-order valence-electron chi connectivity index (χ0n) is 10.3. The molecule has 18 heavy (non-hydrogen) atoms. The van der Waals surface area contributed by atoms with Gasteiger partial charge in [-0.15, -0.1) is 0 Å². The Bertz CT molecular complexity index is 357. The van der Waals surface area contributed by atoms with E-state index in [2.05, 4.69) is 10.1 Å². The van der Waals surface area contributed by atoms with Gasteiger partial charge in [0, 0.05) is 18.5 Å². The van der Waals surface area contributed by atoms with Crippen molar-refractivity contribution in [3.05, 3.63) is 12.2 Å². The van der Waals surface area contributed by atoms with E-state index in [4.69, 9.17) is 10.2 Å². The molecule has 1 amide bonds. The second kappa shape index (κ2) is 7.95. The van der Waals surface area contributed by atoms with Crippen LogP contribution in [0, 0.1) is 5.92 Å². The molecule has 1 saturated heterocycles. The van der Waals surface area contributed by atoms with Gasteiger partial charge < -0.3 is 10.1 Å². The average Bonchev–Trinajstić information content (AvgIpc) is 2.73. The van der Waals surface area contributed by atoms with Crippen LogP contribution in [-0.4, -0.2) is 31.1 Å². The Hall–Kier alpha value is -1.26. The molecule has 100 valence electrons. The maximum Gasteiger partial charge on any atom is 0.330 e. The smallest absolute Gasteiger partial charge is 0.330 e. The summed E-state index contributed by atoms with van der Waals surface area (Å²) in [5.74, 6) is -0.400. The third-order valence-corrected chi connectivity index (χ3v) is 3.07. The quantitative estimate of drug-likeness (QED) is 0.428. The number of nitrogens with one attached hydrogen (secondary N) is 1. The molecule has 7 heteroatoms. The third kappa shape index (κ3) is 4.94. The lowest BCUT2D eigenvalue weighted by Crippen LogP contribution is -2.21. The van der Waals surface area contributed by atoms with Gasteiger partial charge in [-0.05, 0) is 19.8 Å². The monoisotopic (exact) mass is 271 g/mol. The lowest BCUT2D eigenvalue weighted by atomic mass is 9.99. The van der Waals surface area contributed by atoms with Gasteiger partial charge in [0.25, 0.3) is 0 Å². The van der Waals surface area contributed by atoms with E-state index in [-0.39, 0.29) is 17.9 Å². The van der Waals surface area contributed by atoms with Crippen molar-refractivity contribution in [1.29, 1.82) is 0 Å². The number of ether oxygens (including phenoxy) is 1. The van der Waals surface area contributed by atoms with Gasteiger partial charge in [-0.3, -0.25) is 10.3 Å². The molecule has 2 unspecified atom stereocenters. The summed E-state index contributed by atoms with van der Waals surface area (Å²) in [4.78, 5) is 22.6. The molecular formula is C11H18N3O3P. The van der Waals surface area contributed by atoms with E-state index >= 15 is 0 Å². The Balaban J connectivity index is 2.54. The third-order valence-electron chi connectivity index (χ3n) is 2.64. The Labute approximate surface area is 108 Å². The maximum atomic E-state index is 11.5.